The molecule has 0 aliphatic rings. The Morgan fingerprint density at radius 3 is 2.08 bits per heavy atom. The van der Waals surface area contributed by atoms with Gasteiger partial charge in [0.15, 0.2) is 0 Å². The highest BCUT2D eigenvalue weighted by Gasteiger charge is 2.29. The van der Waals surface area contributed by atoms with E-state index in [9.17, 15) is 29.1 Å². The van der Waals surface area contributed by atoms with Crippen LogP contribution >= 0.6 is 0 Å². The molecule has 2 unspecified atom stereocenters. The SMILES string of the molecule is CC(=O)NC(CO)C(=O)NCCCCC(NC(=O)c1c[nH]c2ccccc12)C(=O)N[C@H](Cc1ccccc1)C(=O)N(C)Cc1ccccc1. The van der Waals surface area contributed by atoms with Crippen molar-refractivity contribution in [2.24, 2.45) is 0 Å². The molecule has 3 aromatic carbocycles. The number of aliphatic hydroxyl groups excluding tert-OH is 1. The van der Waals surface area contributed by atoms with E-state index in [1.165, 1.54) is 6.92 Å². The highest BCUT2D eigenvalue weighted by atomic mass is 16.3. The predicted octanol–water partition coefficient (Wildman–Crippen LogP) is 2.44. The van der Waals surface area contributed by atoms with Crippen LogP contribution < -0.4 is 21.3 Å². The third-order valence-corrected chi connectivity index (χ3v) is 8.09. The van der Waals surface area contributed by atoms with E-state index in [1.807, 2.05) is 84.9 Å². The summed E-state index contributed by atoms with van der Waals surface area (Å²) in [5, 5.41) is 21.0. The fourth-order valence-corrected chi connectivity index (χ4v) is 5.54. The molecule has 4 aromatic rings. The second-order valence-electron chi connectivity index (χ2n) is 11.9. The van der Waals surface area contributed by atoms with Crippen molar-refractivity contribution in [3.05, 3.63) is 108 Å². The fourth-order valence-electron chi connectivity index (χ4n) is 5.54. The largest absolute Gasteiger partial charge is 0.394 e. The number of nitrogens with one attached hydrogen (secondary N) is 5. The Kier molecular flexibility index (Phi) is 13.5. The van der Waals surface area contributed by atoms with Gasteiger partial charge < -0.3 is 36.3 Å². The van der Waals surface area contributed by atoms with E-state index in [1.54, 1.807) is 18.1 Å². The molecule has 0 radical (unpaired) electrons. The standard InChI is InChI=1S/C37H44N6O6/c1-25(45)40-33(24-44)35(47)38-20-12-11-19-31(41-34(46)29-22-39-30-18-10-9-17-28(29)30)36(48)42-32(21-26-13-5-3-6-14-26)37(49)43(2)23-27-15-7-4-8-16-27/h3-10,13-18,22,31-33,39,44H,11-12,19-21,23-24H2,1-2H3,(H,38,47)(H,40,45)(H,41,46)(H,42,48)/t31?,32-,33?/m1/s1. The molecule has 0 aliphatic heterocycles. The number of carbonyl (C=O) groups is 5. The smallest absolute Gasteiger partial charge is 0.254 e. The highest BCUT2D eigenvalue weighted by Crippen LogP contribution is 2.18. The number of likely N-dealkylation sites (N-methyl/N-ethyl adjacent to an activating group) is 1. The van der Waals surface area contributed by atoms with Crippen LogP contribution in [0, 0.1) is 0 Å². The van der Waals surface area contributed by atoms with Gasteiger partial charge in [-0.1, -0.05) is 78.9 Å². The van der Waals surface area contributed by atoms with Crippen LogP contribution in [0.2, 0.25) is 0 Å². The van der Waals surface area contributed by atoms with Crippen molar-refractivity contribution in [2.75, 3.05) is 20.2 Å². The van der Waals surface area contributed by atoms with Crippen molar-refractivity contribution in [3.8, 4) is 0 Å². The van der Waals surface area contributed by atoms with Crippen LogP contribution in [-0.4, -0.2) is 82.9 Å². The number of benzene rings is 3. The molecule has 4 rings (SSSR count). The van der Waals surface area contributed by atoms with Gasteiger partial charge in [-0.15, -0.1) is 0 Å². The lowest BCUT2D eigenvalue weighted by atomic mass is 10.0. The first kappa shape index (κ1) is 36.3. The lowest BCUT2D eigenvalue weighted by Crippen LogP contribution is -2.54. The lowest BCUT2D eigenvalue weighted by molar-refractivity contribution is -0.136. The molecular weight excluding hydrogens is 624 g/mol. The topological polar surface area (TPSA) is 173 Å². The third kappa shape index (κ3) is 10.8. The zero-order valence-corrected chi connectivity index (χ0v) is 27.8. The predicted molar refractivity (Wildman–Crippen MR) is 186 cm³/mol. The number of nitrogens with zero attached hydrogens (tertiary/aromatic N) is 1. The van der Waals surface area contributed by atoms with Crippen molar-refractivity contribution in [2.45, 2.75) is 57.3 Å². The van der Waals surface area contributed by atoms with Crippen LogP contribution in [0.15, 0.2) is 91.1 Å². The summed E-state index contributed by atoms with van der Waals surface area (Å²) in [5.74, 6) is -2.20. The molecule has 0 spiro atoms. The van der Waals surface area contributed by atoms with E-state index in [0.29, 0.717) is 30.3 Å². The van der Waals surface area contributed by atoms with Gasteiger partial charge in [0.2, 0.25) is 23.6 Å². The number of hydrogen-bond acceptors (Lipinski definition) is 6. The quantitative estimate of drug-likeness (QED) is 0.0944. The van der Waals surface area contributed by atoms with E-state index in [2.05, 4.69) is 26.3 Å². The number of H-pyrrole nitrogens is 1. The number of para-hydroxylation sites is 1. The number of hydrogen-bond donors (Lipinski definition) is 6. The fraction of sp³-hybridized carbons (Fsp3) is 0.324. The number of aliphatic hydroxyl groups is 1. The molecular formula is C37H44N6O6. The Hall–Kier alpha value is -5.49. The average Bonchev–Trinajstić information content (AvgIpc) is 3.54. The van der Waals surface area contributed by atoms with Gasteiger partial charge >= 0.3 is 0 Å². The van der Waals surface area contributed by atoms with Crippen molar-refractivity contribution in [1.29, 1.82) is 0 Å². The van der Waals surface area contributed by atoms with Crippen LogP contribution in [0.3, 0.4) is 0 Å². The van der Waals surface area contributed by atoms with E-state index in [-0.39, 0.29) is 25.3 Å². The molecule has 1 aromatic heterocycles. The van der Waals surface area contributed by atoms with E-state index < -0.39 is 48.4 Å². The molecule has 0 aliphatic carbocycles. The maximum atomic E-state index is 14.0. The Morgan fingerprint density at radius 2 is 1.41 bits per heavy atom. The maximum absolute atomic E-state index is 14.0. The Balaban J connectivity index is 1.48. The van der Waals surface area contributed by atoms with E-state index in [0.717, 1.165) is 16.6 Å². The van der Waals surface area contributed by atoms with Crippen LogP contribution in [0.5, 0.6) is 0 Å². The molecule has 5 amide bonds. The van der Waals surface area contributed by atoms with Gasteiger partial charge in [0.25, 0.3) is 5.91 Å². The molecule has 0 saturated carbocycles. The Bertz CT molecular complexity index is 1710. The number of aromatic nitrogens is 1. The molecule has 49 heavy (non-hydrogen) atoms. The van der Waals surface area contributed by atoms with Gasteiger partial charge in [0, 0.05) is 50.6 Å². The first-order valence-electron chi connectivity index (χ1n) is 16.3. The summed E-state index contributed by atoms with van der Waals surface area (Å²) in [5.41, 5.74) is 2.97. The molecule has 12 nitrogen and oxygen atoms in total. The summed E-state index contributed by atoms with van der Waals surface area (Å²) in [4.78, 5) is 69.6. The van der Waals surface area contributed by atoms with Crippen molar-refractivity contribution < 1.29 is 29.1 Å². The molecule has 0 saturated heterocycles. The van der Waals surface area contributed by atoms with Crippen LogP contribution in [0.25, 0.3) is 10.9 Å². The molecule has 0 fully saturated rings. The van der Waals surface area contributed by atoms with Crippen LogP contribution in [0.4, 0.5) is 0 Å². The molecule has 12 heteroatoms. The van der Waals surface area contributed by atoms with Gasteiger partial charge in [-0.3, -0.25) is 24.0 Å². The van der Waals surface area contributed by atoms with E-state index >= 15 is 0 Å². The number of amides is 5. The summed E-state index contributed by atoms with van der Waals surface area (Å²) in [6, 6.07) is 23.3. The minimum absolute atomic E-state index is 0.219. The number of aromatic amines is 1. The van der Waals surface area contributed by atoms with Gasteiger partial charge in [-0.2, -0.15) is 0 Å². The molecule has 1 heterocycles. The van der Waals surface area contributed by atoms with Crippen molar-refractivity contribution in [3.63, 3.8) is 0 Å². The molecule has 6 N–H and O–H groups in total. The summed E-state index contributed by atoms with van der Waals surface area (Å²) in [7, 11) is 1.69. The molecule has 258 valence electrons. The highest BCUT2D eigenvalue weighted by molar-refractivity contribution is 6.08. The zero-order valence-electron chi connectivity index (χ0n) is 27.8. The van der Waals surface area contributed by atoms with Crippen LogP contribution in [0.1, 0.15) is 47.7 Å². The second-order valence-corrected chi connectivity index (χ2v) is 11.9. The first-order chi connectivity index (χ1) is 23.7. The molecule has 0 bridgehead atoms. The summed E-state index contributed by atoms with van der Waals surface area (Å²) >= 11 is 0. The number of unbranched alkanes of at least 4 members (excludes halogenated alkanes) is 1. The van der Waals surface area contributed by atoms with Gasteiger partial charge in [0.1, 0.15) is 18.1 Å². The monoisotopic (exact) mass is 668 g/mol. The Labute approximate surface area is 285 Å². The third-order valence-electron chi connectivity index (χ3n) is 8.09. The number of carbonyl (C=O) groups excluding carboxylic acids is 5. The number of rotatable bonds is 17. The summed E-state index contributed by atoms with van der Waals surface area (Å²) in [6.45, 7) is 1.29. The minimum atomic E-state index is -1.06. The van der Waals surface area contributed by atoms with Crippen LogP contribution in [-0.2, 0) is 32.1 Å². The summed E-state index contributed by atoms with van der Waals surface area (Å²) in [6.07, 6.45) is 2.94. The second kappa shape index (κ2) is 18.2. The Morgan fingerprint density at radius 1 is 0.755 bits per heavy atom. The summed E-state index contributed by atoms with van der Waals surface area (Å²) < 4.78 is 0. The van der Waals surface area contributed by atoms with Gasteiger partial charge in [-0.05, 0) is 36.5 Å². The van der Waals surface area contributed by atoms with Gasteiger partial charge in [0.05, 0.1) is 12.2 Å². The average molecular weight is 669 g/mol. The van der Waals surface area contributed by atoms with Gasteiger partial charge in [-0.25, -0.2) is 0 Å². The maximum Gasteiger partial charge on any atom is 0.254 e. The minimum Gasteiger partial charge on any atom is -0.394 e. The zero-order chi connectivity index (χ0) is 35.2. The van der Waals surface area contributed by atoms with Crippen molar-refractivity contribution in [1.82, 2.24) is 31.2 Å². The normalized spacial score (nSPS) is 12.7. The lowest BCUT2D eigenvalue weighted by Gasteiger charge is -2.27. The molecule has 3 atom stereocenters. The van der Waals surface area contributed by atoms with Crippen molar-refractivity contribution >= 4 is 40.4 Å². The first-order valence-corrected chi connectivity index (χ1v) is 16.3. The number of fused-ring (bicyclic) bond motifs is 1. The van der Waals surface area contributed by atoms with E-state index in [4.69, 9.17) is 0 Å².